The molecule has 2 unspecified atom stereocenters. The van der Waals surface area contributed by atoms with Gasteiger partial charge in [0.15, 0.2) is 0 Å². The normalized spacial score (nSPS) is 20.8. The van der Waals surface area contributed by atoms with Crippen LogP contribution in [0.1, 0.15) is 18.9 Å². The zero-order chi connectivity index (χ0) is 14.5. The van der Waals surface area contributed by atoms with Gasteiger partial charge >= 0.3 is 5.97 Å². The van der Waals surface area contributed by atoms with Crippen molar-refractivity contribution in [2.75, 3.05) is 26.2 Å². The molecule has 0 radical (unpaired) electrons. The highest BCUT2D eigenvalue weighted by atomic mass is 16.5. The van der Waals surface area contributed by atoms with Gasteiger partial charge in [0, 0.05) is 6.54 Å². The molecule has 1 aliphatic heterocycles. The average molecular weight is 277 g/mol. The van der Waals surface area contributed by atoms with Gasteiger partial charge in [-0.2, -0.15) is 0 Å². The van der Waals surface area contributed by atoms with Crippen molar-refractivity contribution in [2.45, 2.75) is 20.3 Å². The van der Waals surface area contributed by atoms with Crippen LogP contribution < -0.4 is 4.74 Å². The van der Waals surface area contributed by atoms with Crippen molar-refractivity contribution in [1.82, 2.24) is 4.90 Å². The smallest absolute Gasteiger partial charge is 0.310 e. The van der Waals surface area contributed by atoms with Crippen LogP contribution in [0.25, 0.3) is 0 Å². The van der Waals surface area contributed by atoms with E-state index in [1.54, 1.807) is 0 Å². The maximum absolute atomic E-state index is 11.5. The molecular weight excluding hydrogens is 254 g/mol. The SMILES string of the molecule is CCN1CCC(C(COc2ccccc2C)C(=O)O)C1. The summed E-state index contributed by atoms with van der Waals surface area (Å²) in [6.07, 6.45) is 0.946. The van der Waals surface area contributed by atoms with Crippen molar-refractivity contribution in [3.8, 4) is 5.75 Å². The minimum atomic E-state index is -0.749. The minimum Gasteiger partial charge on any atom is -0.492 e. The minimum absolute atomic E-state index is 0.191. The van der Waals surface area contributed by atoms with Crippen LogP contribution in [0.4, 0.5) is 0 Å². The molecule has 1 saturated heterocycles. The van der Waals surface area contributed by atoms with E-state index < -0.39 is 11.9 Å². The second-order valence-electron chi connectivity index (χ2n) is 5.46. The zero-order valence-corrected chi connectivity index (χ0v) is 12.2. The van der Waals surface area contributed by atoms with Crippen molar-refractivity contribution in [1.29, 1.82) is 0 Å². The highest BCUT2D eigenvalue weighted by Gasteiger charge is 2.34. The van der Waals surface area contributed by atoms with Gasteiger partial charge in [-0.3, -0.25) is 4.79 Å². The molecule has 0 saturated carbocycles. The molecule has 0 aromatic heterocycles. The predicted molar refractivity (Wildman–Crippen MR) is 78.0 cm³/mol. The van der Waals surface area contributed by atoms with Crippen molar-refractivity contribution in [3.05, 3.63) is 29.8 Å². The summed E-state index contributed by atoms with van der Waals surface area (Å²) in [6, 6.07) is 7.72. The van der Waals surface area contributed by atoms with Gasteiger partial charge in [-0.15, -0.1) is 0 Å². The summed E-state index contributed by atoms with van der Waals surface area (Å²) in [6.45, 7) is 7.19. The number of nitrogens with zero attached hydrogens (tertiary/aromatic N) is 1. The number of ether oxygens (including phenoxy) is 1. The molecule has 4 heteroatoms. The van der Waals surface area contributed by atoms with Gasteiger partial charge < -0.3 is 14.7 Å². The van der Waals surface area contributed by atoms with Crippen LogP contribution in [-0.4, -0.2) is 42.2 Å². The maximum atomic E-state index is 11.5. The summed E-state index contributed by atoms with van der Waals surface area (Å²) in [4.78, 5) is 13.8. The largest absolute Gasteiger partial charge is 0.492 e. The number of likely N-dealkylation sites (tertiary alicyclic amines) is 1. The maximum Gasteiger partial charge on any atom is 0.310 e. The van der Waals surface area contributed by atoms with E-state index in [1.165, 1.54) is 0 Å². The van der Waals surface area contributed by atoms with Crippen LogP contribution >= 0.6 is 0 Å². The fourth-order valence-electron chi connectivity index (χ4n) is 2.79. The third-order valence-electron chi connectivity index (χ3n) is 4.15. The Labute approximate surface area is 120 Å². The third-order valence-corrected chi connectivity index (χ3v) is 4.15. The number of para-hydroxylation sites is 1. The lowest BCUT2D eigenvalue weighted by atomic mass is 9.92. The van der Waals surface area contributed by atoms with Crippen molar-refractivity contribution in [3.63, 3.8) is 0 Å². The number of hydrogen-bond donors (Lipinski definition) is 1. The molecule has 0 spiro atoms. The van der Waals surface area contributed by atoms with Crippen LogP contribution in [0.15, 0.2) is 24.3 Å². The molecule has 1 N–H and O–H groups in total. The second-order valence-corrected chi connectivity index (χ2v) is 5.46. The van der Waals surface area contributed by atoms with Gasteiger partial charge in [0.05, 0.1) is 5.92 Å². The van der Waals surface area contributed by atoms with Crippen LogP contribution in [0.5, 0.6) is 5.75 Å². The van der Waals surface area contributed by atoms with Crippen molar-refractivity contribution >= 4 is 5.97 Å². The van der Waals surface area contributed by atoms with Crippen LogP contribution in [0, 0.1) is 18.8 Å². The number of aryl methyl sites for hydroxylation is 1. The second kappa shape index (κ2) is 6.75. The highest BCUT2D eigenvalue weighted by molar-refractivity contribution is 5.70. The predicted octanol–water partition coefficient (Wildman–Crippen LogP) is 2.42. The van der Waals surface area contributed by atoms with Gasteiger partial charge in [-0.05, 0) is 44.0 Å². The lowest BCUT2D eigenvalue weighted by molar-refractivity contribution is -0.144. The lowest BCUT2D eigenvalue weighted by Crippen LogP contribution is -2.31. The number of rotatable bonds is 6. The zero-order valence-electron chi connectivity index (χ0n) is 12.2. The first-order valence-electron chi connectivity index (χ1n) is 7.25. The number of aliphatic carboxylic acids is 1. The Morgan fingerprint density at radius 3 is 2.85 bits per heavy atom. The van der Waals surface area contributed by atoms with E-state index >= 15 is 0 Å². The Morgan fingerprint density at radius 1 is 1.50 bits per heavy atom. The topological polar surface area (TPSA) is 49.8 Å². The fraction of sp³-hybridized carbons (Fsp3) is 0.562. The number of carbonyl (C=O) groups is 1. The summed E-state index contributed by atoms with van der Waals surface area (Å²) in [5.41, 5.74) is 1.04. The van der Waals surface area contributed by atoms with Gasteiger partial charge in [0.2, 0.25) is 0 Å². The van der Waals surface area contributed by atoms with Gasteiger partial charge in [0.1, 0.15) is 12.4 Å². The van der Waals surface area contributed by atoms with E-state index in [4.69, 9.17) is 4.74 Å². The van der Waals surface area contributed by atoms with Crippen molar-refractivity contribution in [2.24, 2.45) is 11.8 Å². The summed E-state index contributed by atoms with van der Waals surface area (Å²) in [5.74, 6) is -0.201. The molecule has 1 aliphatic rings. The lowest BCUT2D eigenvalue weighted by Gasteiger charge is -2.21. The first-order chi connectivity index (χ1) is 9.61. The molecule has 1 heterocycles. The molecule has 2 atom stereocenters. The molecular formula is C16H23NO3. The van der Waals surface area contributed by atoms with E-state index in [1.807, 2.05) is 31.2 Å². The number of hydrogen-bond acceptors (Lipinski definition) is 3. The van der Waals surface area contributed by atoms with E-state index in [-0.39, 0.29) is 12.5 Å². The van der Waals surface area contributed by atoms with E-state index in [0.29, 0.717) is 0 Å². The molecule has 0 aliphatic carbocycles. The fourth-order valence-corrected chi connectivity index (χ4v) is 2.79. The van der Waals surface area contributed by atoms with Crippen molar-refractivity contribution < 1.29 is 14.6 Å². The molecule has 1 aromatic carbocycles. The number of carboxylic acids is 1. The summed E-state index contributed by atoms with van der Waals surface area (Å²) < 4.78 is 5.74. The molecule has 2 rings (SSSR count). The monoisotopic (exact) mass is 277 g/mol. The molecule has 1 aromatic rings. The molecule has 0 amide bonds. The third kappa shape index (κ3) is 3.51. The van der Waals surface area contributed by atoms with Crippen LogP contribution in [-0.2, 0) is 4.79 Å². The molecule has 0 bridgehead atoms. The Hall–Kier alpha value is -1.55. The van der Waals surface area contributed by atoms with Gasteiger partial charge in [0.25, 0.3) is 0 Å². The summed E-state index contributed by atoms with van der Waals surface area (Å²) in [7, 11) is 0. The average Bonchev–Trinajstić information content (AvgIpc) is 2.89. The Bertz CT molecular complexity index is 461. The standard InChI is InChI=1S/C16H23NO3/c1-3-17-9-8-13(10-17)14(16(18)19)11-20-15-7-5-4-6-12(15)2/h4-7,13-14H,3,8-11H2,1-2H3,(H,18,19). The highest BCUT2D eigenvalue weighted by Crippen LogP contribution is 2.26. The van der Waals surface area contributed by atoms with Gasteiger partial charge in [-0.1, -0.05) is 25.1 Å². The van der Waals surface area contributed by atoms with Gasteiger partial charge in [-0.25, -0.2) is 0 Å². The summed E-state index contributed by atoms with van der Waals surface area (Å²) in [5, 5.41) is 9.44. The Morgan fingerprint density at radius 2 is 2.25 bits per heavy atom. The Balaban J connectivity index is 1.97. The van der Waals surface area contributed by atoms with E-state index in [2.05, 4.69) is 11.8 Å². The number of benzene rings is 1. The van der Waals surface area contributed by atoms with E-state index in [0.717, 1.165) is 37.4 Å². The molecule has 110 valence electrons. The Kier molecular flexibility index (Phi) is 5.01. The van der Waals surface area contributed by atoms with E-state index in [9.17, 15) is 9.90 Å². The van der Waals surface area contributed by atoms with Crippen LogP contribution in [0.2, 0.25) is 0 Å². The molecule has 20 heavy (non-hydrogen) atoms. The molecule has 4 nitrogen and oxygen atoms in total. The number of carboxylic acid groups (broad SMARTS) is 1. The quantitative estimate of drug-likeness (QED) is 0.867. The first-order valence-corrected chi connectivity index (χ1v) is 7.25. The van der Waals surface area contributed by atoms with Crippen LogP contribution in [0.3, 0.4) is 0 Å². The first kappa shape index (κ1) is 14.9. The molecule has 1 fully saturated rings. The summed E-state index contributed by atoms with van der Waals surface area (Å²) >= 11 is 0.